The van der Waals surface area contributed by atoms with Gasteiger partial charge in [-0.15, -0.1) is 0 Å². The Labute approximate surface area is 108 Å². The minimum absolute atomic E-state index is 0.0749. The van der Waals surface area contributed by atoms with Gasteiger partial charge < -0.3 is 0 Å². The van der Waals surface area contributed by atoms with Crippen LogP contribution in [0.4, 0.5) is 4.39 Å². The van der Waals surface area contributed by atoms with Crippen LogP contribution in [0.15, 0.2) is 53.6 Å². The first-order chi connectivity index (χ1) is 8.70. The van der Waals surface area contributed by atoms with Gasteiger partial charge in [0.1, 0.15) is 6.17 Å². The zero-order valence-electron chi connectivity index (χ0n) is 10.8. The molecule has 1 saturated carbocycles. The summed E-state index contributed by atoms with van der Waals surface area (Å²) in [6.07, 6.45) is 7.10. The number of fused-ring (bicyclic) bond motifs is 1. The van der Waals surface area contributed by atoms with Crippen molar-refractivity contribution in [2.45, 2.75) is 44.2 Å². The van der Waals surface area contributed by atoms with Crippen LogP contribution >= 0.6 is 0 Å². The summed E-state index contributed by atoms with van der Waals surface area (Å²) in [7, 11) is 0. The number of hydrogen-bond donors (Lipinski definition) is 0. The average Bonchev–Trinajstić information content (AvgIpc) is 2.40. The Morgan fingerprint density at radius 3 is 2.78 bits per heavy atom. The molecule has 1 aromatic carbocycles. The maximum atomic E-state index is 13.5. The van der Waals surface area contributed by atoms with Crippen LogP contribution in [0.5, 0.6) is 0 Å². The molecule has 3 rings (SSSR count). The molecule has 0 aromatic heterocycles. The molecule has 2 aliphatic rings. The van der Waals surface area contributed by atoms with E-state index in [1.807, 2.05) is 6.08 Å². The molecule has 0 saturated heterocycles. The molecule has 0 aliphatic heterocycles. The van der Waals surface area contributed by atoms with E-state index in [-0.39, 0.29) is 5.41 Å². The zero-order valence-corrected chi connectivity index (χ0v) is 10.8. The van der Waals surface area contributed by atoms with Crippen molar-refractivity contribution in [2.24, 2.45) is 0 Å². The predicted molar refractivity (Wildman–Crippen MR) is 73.3 cm³/mol. The molecular formula is C17H19F. The average molecular weight is 242 g/mol. The zero-order chi connectivity index (χ0) is 12.6. The lowest BCUT2D eigenvalue weighted by Crippen LogP contribution is -2.31. The second kappa shape index (κ2) is 4.38. The van der Waals surface area contributed by atoms with Gasteiger partial charge in [-0.1, -0.05) is 43.3 Å². The van der Waals surface area contributed by atoms with Crippen LogP contribution in [0.2, 0.25) is 0 Å². The molecule has 0 spiro atoms. The molecule has 0 heterocycles. The van der Waals surface area contributed by atoms with E-state index in [0.717, 1.165) is 19.3 Å². The predicted octanol–water partition coefficient (Wildman–Crippen LogP) is 4.72. The van der Waals surface area contributed by atoms with Crippen LogP contribution in [0, 0.1) is 0 Å². The molecular weight excluding hydrogens is 223 g/mol. The molecule has 1 heteroatoms. The lowest BCUT2D eigenvalue weighted by molar-refractivity contribution is 0.381. The molecule has 0 amide bonds. The van der Waals surface area contributed by atoms with Gasteiger partial charge in [-0.25, -0.2) is 4.39 Å². The molecule has 0 N–H and O–H groups in total. The summed E-state index contributed by atoms with van der Waals surface area (Å²) in [5.41, 5.74) is 4.05. The molecule has 2 unspecified atom stereocenters. The third kappa shape index (κ3) is 1.82. The molecule has 1 aromatic rings. The maximum Gasteiger partial charge on any atom is 0.122 e. The van der Waals surface area contributed by atoms with E-state index in [4.69, 9.17) is 0 Å². The van der Waals surface area contributed by atoms with Crippen LogP contribution in [-0.4, -0.2) is 6.17 Å². The van der Waals surface area contributed by atoms with Gasteiger partial charge in [0.15, 0.2) is 0 Å². The number of benzene rings is 1. The van der Waals surface area contributed by atoms with Crippen LogP contribution in [0.25, 0.3) is 0 Å². The number of allylic oxidation sites excluding steroid dienone is 4. The van der Waals surface area contributed by atoms with Gasteiger partial charge in [-0.3, -0.25) is 0 Å². The Morgan fingerprint density at radius 2 is 2.00 bits per heavy atom. The van der Waals surface area contributed by atoms with Gasteiger partial charge in [-0.2, -0.15) is 0 Å². The fraction of sp³-hybridized carbons (Fsp3) is 0.412. The Balaban J connectivity index is 2.04. The Hall–Kier alpha value is -1.37. The summed E-state index contributed by atoms with van der Waals surface area (Å²) >= 11 is 0. The van der Waals surface area contributed by atoms with Crippen LogP contribution < -0.4 is 0 Å². The summed E-state index contributed by atoms with van der Waals surface area (Å²) in [4.78, 5) is 0. The van der Waals surface area contributed by atoms with E-state index in [1.54, 1.807) is 0 Å². The number of rotatable bonds is 1. The van der Waals surface area contributed by atoms with Crippen LogP contribution in [0.1, 0.15) is 38.2 Å². The quantitative estimate of drug-likeness (QED) is 0.668. The lowest BCUT2D eigenvalue weighted by Gasteiger charge is -2.40. The monoisotopic (exact) mass is 242 g/mol. The van der Waals surface area contributed by atoms with E-state index in [1.165, 1.54) is 16.7 Å². The standard InChI is InChI=1S/C17H19F/c1-17(14-7-3-2-4-8-14)11-5-6-13-12-15(18)9-10-16(13)17/h2-4,7-8,10,12,15H,5-6,9,11H2,1H3. The molecule has 18 heavy (non-hydrogen) atoms. The highest BCUT2D eigenvalue weighted by atomic mass is 19.1. The lowest BCUT2D eigenvalue weighted by atomic mass is 9.64. The number of halogens is 1. The molecule has 0 nitrogen and oxygen atoms in total. The maximum absolute atomic E-state index is 13.5. The van der Waals surface area contributed by atoms with Crippen molar-refractivity contribution in [2.75, 3.05) is 0 Å². The molecule has 1 fully saturated rings. The Morgan fingerprint density at radius 1 is 1.22 bits per heavy atom. The van der Waals surface area contributed by atoms with E-state index in [9.17, 15) is 4.39 Å². The topological polar surface area (TPSA) is 0 Å². The smallest absolute Gasteiger partial charge is 0.122 e. The molecule has 94 valence electrons. The Kier molecular flexibility index (Phi) is 2.85. The highest BCUT2D eigenvalue weighted by Gasteiger charge is 2.37. The Bertz CT molecular complexity index is 498. The summed E-state index contributed by atoms with van der Waals surface area (Å²) in [5, 5.41) is 0. The van der Waals surface area contributed by atoms with Gasteiger partial charge in [0, 0.05) is 11.8 Å². The fourth-order valence-electron chi connectivity index (χ4n) is 3.41. The SMILES string of the molecule is CC1(c2ccccc2)CCCC2=CC(F)CC=C21. The van der Waals surface area contributed by atoms with E-state index in [0.29, 0.717) is 6.42 Å². The van der Waals surface area contributed by atoms with Crippen molar-refractivity contribution in [3.63, 3.8) is 0 Å². The highest BCUT2D eigenvalue weighted by molar-refractivity contribution is 5.49. The van der Waals surface area contributed by atoms with E-state index >= 15 is 0 Å². The van der Waals surface area contributed by atoms with Crippen molar-refractivity contribution in [1.82, 2.24) is 0 Å². The summed E-state index contributed by atoms with van der Waals surface area (Å²) in [6.45, 7) is 2.31. The van der Waals surface area contributed by atoms with Gasteiger partial charge in [0.25, 0.3) is 0 Å². The largest absolute Gasteiger partial charge is 0.243 e. The normalized spacial score (nSPS) is 31.3. The minimum atomic E-state index is -0.776. The third-order valence-corrected chi connectivity index (χ3v) is 4.40. The van der Waals surface area contributed by atoms with Gasteiger partial charge in [0.2, 0.25) is 0 Å². The molecule has 0 radical (unpaired) electrons. The van der Waals surface area contributed by atoms with Gasteiger partial charge in [-0.05, 0) is 42.0 Å². The fourth-order valence-corrected chi connectivity index (χ4v) is 3.41. The summed E-state index contributed by atoms with van der Waals surface area (Å²) in [6, 6.07) is 10.6. The summed E-state index contributed by atoms with van der Waals surface area (Å²) < 4.78 is 13.5. The second-order valence-corrected chi connectivity index (χ2v) is 5.61. The highest BCUT2D eigenvalue weighted by Crippen LogP contribution is 2.47. The van der Waals surface area contributed by atoms with Crippen molar-refractivity contribution >= 4 is 0 Å². The minimum Gasteiger partial charge on any atom is -0.243 e. The van der Waals surface area contributed by atoms with E-state index < -0.39 is 6.17 Å². The van der Waals surface area contributed by atoms with Crippen molar-refractivity contribution in [1.29, 1.82) is 0 Å². The molecule has 2 atom stereocenters. The van der Waals surface area contributed by atoms with Crippen molar-refractivity contribution in [3.05, 3.63) is 59.2 Å². The van der Waals surface area contributed by atoms with Crippen LogP contribution in [-0.2, 0) is 5.41 Å². The van der Waals surface area contributed by atoms with Gasteiger partial charge >= 0.3 is 0 Å². The number of alkyl halides is 1. The third-order valence-electron chi connectivity index (χ3n) is 4.40. The molecule has 2 aliphatic carbocycles. The van der Waals surface area contributed by atoms with Gasteiger partial charge in [0.05, 0.1) is 0 Å². The first-order valence-electron chi connectivity index (χ1n) is 6.81. The summed E-state index contributed by atoms with van der Waals surface area (Å²) in [5.74, 6) is 0. The second-order valence-electron chi connectivity index (χ2n) is 5.61. The molecule has 0 bridgehead atoms. The van der Waals surface area contributed by atoms with E-state index in [2.05, 4.69) is 43.3 Å². The van der Waals surface area contributed by atoms with Crippen LogP contribution in [0.3, 0.4) is 0 Å². The number of hydrogen-bond acceptors (Lipinski definition) is 0. The van der Waals surface area contributed by atoms with Crippen molar-refractivity contribution < 1.29 is 4.39 Å². The first-order valence-corrected chi connectivity index (χ1v) is 6.81. The first kappa shape index (κ1) is 11.7. The van der Waals surface area contributed by atoms with Crippen molar-refractivity contribution in [3.8, 4) is 0 Å².